The number of hydrogen-bond acceptors (Lipinski definition) is 6. The van der Waals surface area contributed by atoms with Crippen molar-refractivity contribution in [3.63, 3.8) is 0 Å². The molecule has 0 aromatic rings. The summed E-state index contributed by atoms with van der Waals surface area (Å²) in [6.45, 7) is 44.8. The Morgan fingerprint density at radius 2 is 0.741 bits per heavy atom. The Bertz CT molecular complexity index is 1720. The lowest BCUT2D eigenvalue weighted by molar-refractivity contribution is -0.408. The van der Waals surface area contributed by atoms with Crippen LogP contribution in [-0.4, -0.2) is 18.2 Å². The molecule has 0 atom stereocenters. The summed E-state index contributed by atoms with van der Waals surface area (Å²) >= 11 is 0. The van der Waals surface area contributed by atoms with Crippen LogP contribution in [-0.2, 0) is 28.5 Å². The summed E-state index contributed by atoms with van der Waals surface area (Å²) in [7, 11) is 0. The Morgan fingerprint density at radius 3 is 0.963 bits per heavy atom. The number of esters is 1. The molecule has 0 bridgehead atoms. The third-order valence-corrected chi connectivity index (χ3v) is 10.2. The first kappa shape index (κ1) is 42.3. The Labute approximate surface area is 325 Å². The van der Waals surface area contributed by atoms with E-state index in [1.54, 1.807) is 0 Å². The van der Waals surface area contributed by atoms with Gasteiger partial charge in [-0.15, -0.1) is 0 Å². The summed E-state index contributed by atoms with van der Waals surface area (Å²) in [6.07, 6.45) is 16.3. The first-order valence-corrected chi connectivity index (χ1v) is 19.0. The molecule has 0 aromatic heterocycles. The van der Waals surface area contributed by atoms with Gasteiger partial charge in [-0.3, -0.25) is 4.79 Å². The predicted molar refractivity (Wildman–Crippen MR) is 220 cm³/mol. The molecule has 54 heavy (non-hydrogen) atoms. The maximum atomic E-state index is 13.3. The van der Waals surface area contributed by atoms with Crippen molar-refractivity contribution in [2.24, 2.45) is 21.7 Å². The van der Waals surface area contributed by atoms with Crippen LogP contribution < -0.4 is 0 Å². The number of carbonyl (C=O) groups is 1. The van der Waals surface area contributed by atoms with Crippen molar-refractivity contribution in [1.29, 1.82) is 0 Å². The minimum Gasteiger partial charge on any atom is -0.444 e. The molecule has 292 valence electrons. The Kier molecular flexibility index (Phi) is 12.0. The zero-order valence-corrected chi connectivity index (χ0v) is 35.3. The van der Waals surface area contributed by atoms with Gasteiger partial charge in [-0.05, 0) is 93.9 Å². The predicted octanol–water partition coefficient (Wildman–Crippen LogP) is 12.9. The van der Waals surface area contributed by atoms with Crippen LogP contribution >= 0.6 is 0 Å². The van der Waals surface area contributed by atoms with Crippen LogP contribution in [0.1, 0.15) is 116 Å². The van der Waals surface area contributed by atoms with E-state index in [9.17, 15) is 4.79 Å². The zero-order valence-electron chi connectivity index (χ0n) is 35.3. The highest BCUT2D eigenvalue weighted by atomic mass is 16.9. The molecule has 0 heterocycles. The van der Waals surface area contributed by atoms with E-state index < -0.39 is 18.2 Å². The van der Waals surface area contributed by atoms with Gasteiger partial charge in [0.25, 0.3) is 0 Å². The molecule has 6 heteroatoms. The number of ether oxygens (including phenoxy) is 5. The van der Waals surface area contributed by atoms with Crippen LogP contribution in [0.5, 0.6) is 0 Å². The maximum absolute atomic E-state index is 13.3. The molecule has 0 radical (unpaired) electrons. The van der Waals surface area contributed by atoms with Crippen LogP contribution in [0.3, 0.4) is 0 Å². The zero-order chi connectivity index (χ0) is 40.6. The molecule has 0 fully saturated rings. The minimum atomic E-state index is -2.33. The van der Waals surface area contributed by atoms with Crippen molar-refractivity contribution in [2.75, 3.05) is 0 Å². The lowest BCUT2D eigenvalue weighted by atomic mass is 9.80. The van der Waals surface area contributed by atoms with Crippen molar-refractivity contribution in [3.8, 4) is 0 Å². The number of hydrogen-bond donors (Lipinski definition) is 0. The molecule has 0 saturated carbocycles. The second-order valence-electron chi connectivity index (χ2n) is 19.0. The fraction of sp³-hybridized carbons (Fsp3) is 0.479. The SMILES string of the molecule is C=C1CC(C(C)(C)C)=CC=C1OC(OC1=CC=C(C(C)(C)C)CC1=C)C(OC(C)=O)(OC1=CC=C(C(C)(C)C)CC1=C)OC1=CC=C(C(C)(C)C)CC1=C. The van der Waals surface area contributed by atoms with Crippen molar-refractivity contribution < 1.29 is 28.5 Å². The summed E-state index contributed by atoms with van der Waals surface area (Å²) in [4.78, 5) is 13.3. The largest absolute Gasteiger partial charge is 0.499 e. The Balaban J connectivity index is 1.97. The summed E-state index contributed by atoms with van der Waals surface area (Å²) in [5.41, 5.74) is 7.28. The van der Waals surface area contributed by atoms with Gasteiger partial charge in [-0.2, -0.15) is 0 Å². The van der Waals surface area contributed by atoms with Gasteiger partial charge in [0.2, 0.25) is 0 Å². The third kappa shape index (κ3) is 10.2. The lowest BCUT2D eigenvalue weighted by Crippen LogP contribution is -2.53. The third-order valence-electron chi connectivity index (χ3n) is 10.2. The van der Waals surface area contributed by atoms with Gasteiger partial charge in [0.05, 0.1) is 0 Å². The van der Waals surface area contributed by atoms with E-state index in [-0.39, 0.29) is 21.7 Å². The second-order valence-corrected chi connectivity index (χ2v) is 19.0. The molecule has 4 aliphatic rings. The first-order valence-electron chi connectivity index (χ1n) is 19.0. The van der Waals surface area contributed by atoms with Crippen molar-refractivity contribution >= 4 is 5.97 Å². The molecule has 0 aromatic carbocycles. The van der Waals surface area contributed by atoms with E-state index in [2.05, 4.69) is 109 Å². The van der Waals surface area contributed by atoms with Gasteiger partial charge < -0.3 is 23.7 Å². The van der Waals surface area contributed by atoms with E-state index in [0.29, 0.717) is 59.9 Å². The fourth-order valence-corrected chi connectivity index (χ4v) is 6.31. The van der Waals surface area contributed by atoms with E-state index in [4.69, 9.17) is 23.7 Å². The molecule has 0 spiro atoms. The summed E-state index contributed by atoms with van der Waals surface area (Å²) in [5, 5.41) is 0. The molecule has 6 nitrogen and oxygen atoms in total. The van der Waals surface area contributed by atoms with Gasteiger partial charge in [-0.25, -0.2) is 0 Å². The van der Waals surface area contributed by atoms with Gasteiger partial charge >= 0.3 is 18.2 Å². The minimum absolute atomic E-state index is 0.0726. The van der Waals surface area contributed by atoms with Crippen LogP contribution in [0.2, 0.25) is 0 Å². The first-order chi connectivity index (χ1) is 24.7. The molecule has 0 unspecified atom stereocenters. The maximum Gasteiger partial charge on any atom is 0.499 e. The highest BCUT2D eigenvalue weighted by molar-refractivity contribution is 5.66. The average molecular weight is 737 g/mol. The molecule has 0 amide bonds. The van der Waals surface area contributed by atoms with Gasteiger partial charge in [0.1, 0.15) is 23.0 Å². The molecule has 4 aliphatic carbocycles. The van der Waals surface area contributed by atoms with Gasteiger partial charge in [-0.1, -0.05) is 156 Å². The Morgan fingerprint density at radius 1 is 0.481 bits per heavy atom. The summed E-state index contributed by atoms with van der Waals surface area (Å²) in [6, 6.07) is 0. The van der Waals surface area contributed by atoms with Crippen LogP contribution in [0.4, 0.5) is 0 Å². The number of carbonyl (C=O) groups excluding carboxylic acids is 1. The Hall–Kier alpha value is -4.45. The standard InChI is InChI=1S/C48H64O6/c1-30-26-35(44(6,7)8)18-22-39(30)50-43(51-40-23-19-36(27-31(40)2)45(9,10)11)48(52-34(5)49,53-41-24-20-37(28-32(41)3)46(12,13)14)54-42-25-21-38(29-33(42)4)47(15,16)17/h18-25,43H,1-4,26-29H2,5-17H3. The topological polar surface area (TPSA) is 63.2 Å². The molecule has 0 N–H and O–H groups in total. The normalized spacial score (nSPS) is 19.1. The molecule has 0 saturated heterocycles. The average Bonchev–Trinajstić information content (AvgIpc) is 3.02. The highest BCUT2D eigenvalue weighted by Crippen LogP contribution is 2.45. The van der Waals surface area contributed by atoms with Gasteiger partial charge in [0, 0.05) is 6.92 Å². The van der Waals surface area contributed by atoms with Crippen LogP contribution in [0, 0.1) is 21.7 Å². The quantitative estimate of drug-likeness (QED) is 0.164. The summed E-state index contributed by atoms with van der Waals surface area (Å²) < 4.78 is 33.5. The monoisotopic (exact) mass is 736 g/mol. The van der Waals surface area contributed by atoms with E-state index in [1.165, 1.54) is 29.2 Å². The smallest absolute Gasteiger partial charge is 0.444 e. The number of rotatable bonds is 10. The van der Waals surface area contributed by atoms with Crippen molar-refractivity contribution in [2.45, 2.75) is 128 Å². The van der Waals surface area contributed by atoms with E-state index >= 15 is 0 Å². The van der Waals surface area contributed by atoms with Crippen LogP contribution in [0.25, 0.3) is 0 Å². The lowest BCUT2D eigenvalue weighted by Gasteiger charge is -2.41. The molecular weight excluding hydrogens is 673 g/mol. The van der Waals surface area contributed by atoms with E-state index in [1.807, 2.05) is 48.6 Å². The van der Waals surface area contributed by atoms with E-state index in [0.717, 1.165) is 11.1 Å². The van der Waals surface area contributed by atoms with Crippen LogP contribution in [0.15, 0.2) is 143 Å². The van der Waals surface area contributed by atoms with Gasteiger partial charge in [0.15, 0.2) is 0 Å². The highest BCUT2D eigenvalue weighted by Gasteiger charge is 2.56. The molecule has 0 aliphatic heterocycles. The second kappa shape index (κ2) is 15.4. The van der Waals surface area contributed by atoms with Crippen molar-refractivity contribution in [1.82, 2.24) is 0 Å². The molecule has 4 rings (SSSR count). The fourth-order valence-electron chi connectivity index (χ4n) is 6.31. The summed E-state index contributed by atoms with van der Waals surface area (Å²) in [5.74, 6) is -1.38. The molecular formula is C48H64O6. The number of allylic oxidation sites excluding steroid dienone is 16. The van der Waals surface area contributed by atoms with Crippen molar-refractivity contribution in [3.05, 3.63) is 143 Å².